The minimum absolute atomic E-state index is 0.905. The van der Waals surface area contributed by atoms with Gasteiger partial charge in [-0.3, -0.25) is 0 Å². The highest BCUT2D eigenvalue weighted by Crippen LogP contribution is 2.41. The maximum atomic E-state index is 6.26. The predicted molar refractivity (Wildman–Crippen MR) is 250 cm³/mol. The van der Waals surface area contributed by atoms with E-state index < -0.39 is 8.07 Å². The van der Waals surface area contributed by atoms with Gasteiger partial charge in [-0.15, -0.1) is 11.3 Å². The molecule has 11 aromatic rings. The third kappa shape index (κ3) is 5.68. The van der Waals surface area contributed by atoms with E-state index in [1.165, 1.54) is 40.9 Å². The summed E-state index contributed by atoms with van der Waals surface area (Å²) in [6.45, 7) is 0. The topological polar surface area (TPSA) is 16.4 Å². The van der Waals surface area contributed by atoms with Gasteiger partial charge < -0.3 is 9.32 Å². The van der Waals surface area contributed by atoms with Crippen molar-refractivity contribution in [2.24, 2.45) is 0 Å². The van der Waals surface area contributed by atoms with Crippen molar-refractivity contribution in [1.82, 2.24) is 0 Å². The second-order valence-corrected chi connectivity index (χ2v) is 19.8. The lowest BCUT2D eigenvalue weighted by Gasteiger charge is -2.35. The van der Waals surface area contributed by atoms with Crippen LogP contribution in [0.25, 0.3) is 53.2 Å². The number of hydrogen-bond donors (Lipinski definition) is 0. The van der Waals surface area contributed by atoms with Gasteiger partial charge in [0.15, 0.2) is 8.07 Å². The Morgan fingerprint density at radius 1 is 0.328 bits per heavy atom. The van der Waals surface area contributed by atoms with Crippen LogP contribution in [-0.2, 0) is 0 Å². The maximum absolute atomic E-state index is 6.26. The summed E-state index contributed by atoms with van der Waals surface area (Å²) in [5.41, 5.74) is 7.43. The molecular weight excluding hydrogens is 739 g/mol. The van der Waals surface area contributed by atoms with Crippen LogP contribution in [0.15, 0.2) is 229 Å². The highest BCUT2D eigenvalue weighted by atomic mass is 32.1. The quantitative estimate of drug-likeness (QED) is 0.113. The van der Waals surface area contributed by atoms with Gasteiger partial charge in [-0.2, -0.15) is 0 Å². The number of benzene rings is 9. The van der Waals surface area contributed by atoms with Gasteiger partial charge in [-0.05, 0) is 92.5 Å². The van der Waals surface area contributed by atoms with E-state index in [2.05, 4.69) is 217 Å². The van der Waals surface area contributed by atoms with Gasteiger partial charge >= 0.3 is 0 Å². The summed E-state index contributed by atoms with van der Waals surface area (Å²) in [6, 6.07) is 82.2. The van der Waals surface area contributed by atoms with Crippen LogP contribution in [0.3, 0.4) is 0 Å². The summed E-state index contributed by atoms with van der Waals surface area (Å²) in [4.78, 5) is 2.40. The molecule has 2 heterocycles. The van der Waals surface area contributed by atoms with E-state index in [0.29, 0.717) is 0 Å². The van der Waals surface area contributed by atoms with Crippen LogP contribution in [-0.4, -0.2) is 8.07 Å². The fourth-order valence-corrected chi connectivity index (χ4v) is 14.8. The summed E-state index contributed by atoms with van der Waals surface area (Å²) >= 11 is 1.85. The molecule has 0 fully saturated rings. The molecule has 2 nitrogen and oxygen atoms in total. The zero-order chi connectivity index (χ0) is 38.5. The highest BCUT2D eigenvalue weighted by molar-refractivity contribution is 7.25. The van der Waals surface area contributed by atoms with Gasteiger partial charge in [0.1, 0.15) is 11.2 Å². The van der Waals surface area contributed by atoms with Crippen LogP contribution in [0, 0.1) is 0 Å². The number of para-hydroxylation sites is 1. The minimum atomic E-state index is -2.67. The molecule has 0 bridgehead atoms. The summed E-state index contributed by atoms with van der Waals surface area (Å²) in [6.07, 6.45) is 0. The van der Waals surface area contributed by atoms with Crippen molar-refractivity contribution < 1.29 is 4.42 Å². The zero-order valence-electron chi connectivity index (χ0n) is 31.6. The maximum Gasteiger partial charge on any atom is 0.179 e. The Morgan fingerprint density at radius 3 is 1.45 bits per heavy atom. The van der Waals surface area contributed by atoms with Gasteiger partial charge in [0, 0.05) is 48.0 Å². The van der Waals surface area contributed by atoms with Crippen molar-refractivity contribution in [2.45, 2.75) is 0 Å². The van der Waals surface area contributed by atoms with Crippen molar-refractivity contribution in [1.29, 1.82) is 0 Å². The van der Waals surface area contributed by atoms with E-state index in [1.54, 1.807) is 0 Å². The van der Waals surface area contributed by atoms with Crippen LogP contribution in [0.4, 0.5) is 17.1 Å². The van der Waals surface area contributed by atoms with Gasteiger partial charge in [0.25, 0.3) is 0 Å². The smallest absolute Gasteiger partial charge is 0.179 e. The lowest BCUT2D eigenvalue weighted by atomic mass is 10.0. The molecular formula is C54H37NOSSi. The van der Waals surface area contributed by atoms with Crippen molar-refractivity contribution in [3.8, 4) is 11.1 Å². The van der Waals surface area contributed by atoms with Crippen molar-refractivity contribution in [3.05, 3.63) is 224 Å². The number of nitrogens with zero attached hydrogens (tertiary/aromatic N) is 1. The molecule has 0 saturated heterocycles. The van der Waals surface area contributed by atoms with E-state index >= 15 is 0 Å². The Morgan fingerprint density at radius 2 is 0.793 bits per heavy atom. The van der Waals surface area contributed by atoms with Crippen LogP contribution in [0.1, 0.15) is 0 Å². The van der Waals surface area contributed by atoms with E-state index in [4.69, 9.17) is 4.42 Å². The van der Waals surface area contributed by atoms with Crippen LogP contribution in [0.5, 0.6) is 0 Å². The van der Waals surface area contributed by atoms with Gasteiger partial charge in [0.05, 0.1) is 0 Å². The number of furan rings is 1. The Kier molecular flexibility index (Phi) is 8.39. The lowest BCUT2D eigenvalue weighted by molar-refractivity contribution is 0.669. The highest BCUT2D eigenvalue weighted by Gasteiger charge is 2.41. The first-order valence-corrected chi connectivity index (χ1v) is 22.6. The molecule has 0 N–H and O–H groups in total. The molecule has 11 rings (SSSR count). The first kappa shape index (κ1) is 34.3. The fourth-order valence-electron chi connectivity index (χ4n) is 8.93. The molecule has 0 aliphatic carbocycles. The average molecular weight is 776 g/mol. The van der Waals surface area contributed by atoms with Crippen molar-refractivity contribution >= 4 is 99.3 Å². The molecule has 2 aromatic heterocycles. The monoisotopic (exact) mass is 775 g/mol. The molecule has 9 aromatic carbocycles. The van der Waals surface area contributed by atoms with E-state index in [0.717, 1.165) is 50.1 Å². The van der Waals surface area contributed by atoms with Crippen molar-refractivity contribution in [2.75, 3.05) is 4.90 Å². The second-order valence-electron chi connectivity index (χ2n) is 14.9. The van der Waals surface area contributed by atoms with E-state index in [1.807, 2.05) is 23.5 Å². The zero-order valence-corrected chi connectivity index (χ0v) is 33.4. The first-order chi connectivity index (χ1) is 28.7. The molecule has 0 aliphatic rings. The van der Waals surface area contributed by atoms with E-state index in [9.17, 15) is 0 Å². The first-order valence-electron chi connectivity index (χ1n) is 19.7. The number of thiophene rings is 1. The predicted octanol–water partition coefficient (Wildman–Crippen LogP) is 12.5. The standard InChI is InChI=1S/C54H37NOSSi/c1-4-14-43(15-5-1)58(44-16-6-2-7-17-44,45-18-8-3-9-19-45)46-32-29-41(30-33-46)55(42-31-35-50-49-21-11-13-23-53(49)57-54(50)37-42)40-27-24-38(25-28-40)39-26-34-48-47-20-10-12-22-51(47)56-52(48)36-39/h1-37H. The fraction of sp³-hybridized carbons (Fsp3) is 0. The third-order valence-corrected chi connectivity index (χ3v) is 17.6. The SMILES string of the molecule is c1ccc([Si](c2ccccc2)(c2ccccc2)c2ccc(N(c3ccc(-c4ccc5c(c4)oc4ccccc45)cc3)c3ccc4c(c3)sc3ccccc34)cc2)cc1. The summed E-state index contributed by atoms with van der Waals surface area (Å²) in [5, 5.41) is 10.3. The Bertz CT molecular complexity index is 3110. The van der Waals surface area contributed by atoms with Crippen LogP contribution < -0.4 is 25.6 Å². The second kappa shape index (κ2) is 14.2. The molecule has 0 aliphatic heterocycles. The molecule has 0 amide bonds. The number of rotatable bonds is 8. The number of fused-ring (bicyclic) bond motifs is 6. The van der Waals surface area contributed by atoms with Gasteiger partial charge in [-0.1, -0.05) is 164 Å². The molecule has 58 heavy (non-hydrogen) atoms. The van der Waals surface area contributed by atoms with Crippen LogP contribution in [0.2, 0.25) is 0 Å². The van der Waals surface area contributed by atoms with Crippen molar-refractivity contribution in [3.63, 3.8) is 0 Å². The number of hydrogen-bond acceptors (Lipinski definition) is 3. The third-order valence-electron chi connectivity index (χ3n) is 11.6. The molecule has 0 atom stereocenters. The summed E-state index contributed by atoms with van der Waals surface area (Å²) in [5.74, 6) is 0. The summed E-state index contributed by atoms with van der Waals surface area (Å²) in [7, 11) is -2.67. The minimum Gasteiger partial charge on any atom is -0.456 e. The average Bonchev–Trinajstić information content (AvgIpc) is 3.86. The summed E-state index contributed by atoms with van der Waals surface area (Å²) < 4.78 is 8.85. The molecule has 0 radical (unpaired) electrons. The Labute approximate surface area is 342 Å². The van der Waals surface area contributed by atoms with Gasteiger partial charge in [-0.25, -0.2) is 0 Å². The molecule has 0 spiro atoms. The largest absolute Gasteiger partial charge is 0.456 e. The molecule has 4 heteroatoms. The normalized spacial score (nSPS) is 11.8. The van der Waals surface area contributed by atoms with Gasteiger partial charge in [0.2, 0.25) is 0 Å². The number of anilines is 3. The Hall–Kier alpha value is -6.98. The Balaban J connectivity index is 1.05. The molecule has 274 valence electrons. The molecule has 0 unspecified atom stereocenters. The van der Waals surface area contributed by atoms with E-state index in [-0.39, 0.29) is 0 Å². The molecule has 0 saturated carbocycles. The van der Waals surface area contributed by atoms with Crippen LogP contribution >= 0.6 is 11.3 Å². The lowest BCUT2D eigenvalue weighted by Crippen LogP contribution is -2.74.